The van der Waals surface area contributed by atoms with Crippen molar-refractivity contribution >= 4 is 10.2 Å². The first-order valence-corrected chi connectivity index (χ1v) is 10.1. The third-order valence-electron chi connectivity index (χ3n) is 4.71. The summed E-state index contributed by atoms with van der Waals surface area (Å²) in [6.45, 7) is 9.79. The van der Waals surface area contributed by atoms with Crippen LogP contribution >= 0.6 is 0 Å². The second-order valence-electron chi connectivity index (χ2n) is 7.15. The molecule has 1 fully saturated rings. The number of aryl methyl sites for hydroxylation is 1. The maximum Gasteiger partial charge on any atom is 0.279 e. The van der Waals surface area contributed by atoms with Crippen LogP contribution in [0, 0.1) is 11.8 Å². The van der Waals surface area contributed by atoms with E-state index in [2.05, 4.69) is 39.9 Å². The van der Waals surface area contributed by atoms with Crippen LogP contribution < -0.4 is 4.72 Å². The standard InChI is InChI=1S/C16H31N5O2S/c1-6-8-21-9-7-17-16(21)12-20-10-14(13(2)3)15(11-20)18-24(22,23)19(4)5/h7,9,13-15,18H,6,8,10-12H2,1-5H3. The lowest BCUT2D eigenvalue weighted by atomic mass is 9.92. The summed E-state index contributed by atoms with van der Waals surface area (Å²) in [6.07, 6.45) is 4.93. The first kappa shape index (κ1) is 19.4. The lowest BCUT2D eigenvalue weighted by molar-refractivity contribution is 0.285. The van der Waals surface area contributed by atoms with Gasteiger partial charge in [-0.1, -0.05) is 20.8 Å². The van der Waals surface area contributed by atoms with Crippen molar-refractivity contribution in [2.24, 2.45) is 11.8 Å². The molecule has 1 aliphatic rings. The number of imidazole rings is 1. The predicted octanol–water partition coefficient (Wildman–Crippen LogP) is 1.15. The van der Waals surface area contributed by atoms with E-state index in [1.807, 2.05) is 12.4 Å². The summed E-state index contributed by atoms with van der Waals surface area (Å²) in [6, 6.07) is -0.0630. The van der Waals surface area contributed by atoms with Gasteiger partial charge in [0.05, 0.1) is 6.54 Å². The zero-order valence-electron chi connectivity index (χ0n) is 15.4. The van der Waals surface area contributed by atoms with Crippen molar-refractivity contribution in [3.05, 3.63) is 18.2 Å². The fourth-order valence-corrected chi connectivity index (χ4v) is 4.12. The summed E-state index contributed by atoms with van der Waals surface area (Å²) < 4.78 is 30.7. The van der Waals surface area contributed by atoms with Crippen molar-refractivity contribution in [2.75, 3.05) is 27.2 Å². The normalized spacial score (nSPS) is 22.8. The minimum Gasteiger partial charge on any atom is -0.334 e. The highest BCUT2D eigenvalue weighted by Crippen LogP contribution is 2.26. The monoisotopic (exact) mass is 357 g/mol. The van der Waals surface area contributed by atoms with Crippen molar-refractivity contribution in [1.29, 1.82) is 0 Å². The fourth-order valence-electron chi connectivity index (χ4n) is 3.28. The summed E-state index contributed by atoms with van der Waals surface area (Å²) in [5.74, 6) is 1.77. The molecule has 1 aromatic rings. The highest BCUT2D eigenvalue weighted by molar-refractivity contribution is 7.87. The van der Waals surface area contributed by atoms with Crippen LogP contribution in [-0.2, 0) is 23.3 Å². The fraction of sp³-hybridized carbons (Fsp3) is 0.812. The molecule has 0 saturated carbocycles. The van der Waals surface area contributed by atoms with E-state index in [1.165, 1.54) is 4.31 Å². The Balaban J connectivity index is 2.08. The van der Waals surface area contributed by atoms with Crippen molar-refractivity contribution in [3.8, 4) is 0 Å². The van der Waals surface area contributed by atoms with Crippen molar-refractivity contribution in [3.63, 3.8) is 0 Å². The average molecular weight is 358 g/mol. The van der Waals surface area contributed by atoms with Gasteiger partial charge >= 0.3 is 0 Å². The number of rotatable bonds is 8. The summed E-state index contributed by atoms with van der Waals surface area (Å²) in [7, 11) is -0.301. The van der Waals surface area contributed by atoms with Crippen LogP contribution in [0.1, 0.15) is 33.0 Å². The molecule has 2 unspecified atom stereocenters. The highest BCUT2D eigenvalue weighted by atomic mass is 32.2. The van der Waals surface area contributed by atoms with Crippen LogP contribution in [0.3, 0.4) is 0 Å². The van der Waals surface area contributed by atoms with Gasteiger partial charge in [-0.15, -0.1) is 0 Å². The van der Waals surface area contributed by atoms with E-state index in [9.17, 15) is 8.42 Å². The summed E-state index contributed by atoms with van der Waals surface area (Å²) in [5.41, 5.74) is 0. The molecule has 138 valence electrons. The molecule has 24 heavy (non-hydrogen) atoms. The Kier molecular flexibility index (Phi) is 6.41. The molecule has 2 atom stereocenters. The van der Waals surface area contributed by atoms with E-state index < -0.39 is 10.2 Å². The molecule has 8 heteroatoms. The number of hydrogen-bond donors (Lipinski definition) is 1. The highest BCUT2D eigenvalue weighted by Gasteiger charge is 2.37. The SMILES string of the molecule is CCCn1ccnc1CN1CC(NS(=O)(=O)N(C)C)C(C(C)C)C1. The Morgan fingerprint density at radius 1 is 1.38 bits per heavy atom. The number of nitrogens with one attached hydrogen (secondary N) is 1. The number of hydrogen-bond acceptors (Lipinski definition) is 4. The molecule has 2 heterocycles. The van der Waals surface area contributed by atoms with E-state index in [4.69, 9.17) is 0 Å². The first-order chi connectivity index (χ1) is 11.2. The Morgan fingerprint density at radius 3 is 2.67 bits per heavy atom. The van der Waals surface area contributed by atoms with E-state index in [0.717, 1.165) is 38.4 Å². The molecule has 0 amide bonds. The Labute approximate surface area is 146 Å². The van der Waals surface area contributed by atoms with Gasteiger partial charge in [-0.2, -0.15) is 17.4 Å². The molecular weight excluding hydrogens is 326 g/mol. The minimum absolute atomic E-state index is 0.0630. The molecule has 1 aromatic heterocycles. The van der Waals surface area contributed by atoms with Gasteiger partial charge in [0.15, 0.2) is 0 Å². The van der Waals surface area contributed by atoms with Gasteiger partial charge in [-0.3, -0.25) is 4.90 Å². The zero-order chi connectivity index (χ0) is 17.9. The number of nitrogens with zero attached hydrogens (tertiary/aromatic N) is 4. The maximum atomic E-state index is 12.2. The van der Waals surface area contributed by atoms with Crippen LogP contribution in [0.15, 0.2) is 12.4 Å². The van der Waals surface area contributed by atoms with E-state index in [-0.39, 0.29) is 6.04 Å². The molecule has 2 rings (SSSR count). The molecule has 1 N–H and O–H groups in total. The van der Waals surface area contributed by atoms with Gasteiger partial charge in [0, 0.05) is 52.2 Å². The lowest BCUT2D eigenvalue weighted by Crippen LogP contribution is -2.46. The molecule has 0 bridgehead atoms. The average Bonchev–Trinajstić information content (AvgIpc) is 3.07. The molecular formula is C16H31N5O2S. The van der Waals surface area contributed by atoms with Crippen LogP contribution in [0.25, 0.3) is 0 Å². The lowest BCUT2D eigenvalue weighted by Gasteiger charge is -2.24. The van der Waals surface area contributed by atoms with Crippen LogP contribution in [0.5, 0.6) is 0 Å². The number of likely N-dealkylation sites (tertiary alicyclic amines) is 1. The predicted molar refractivity (Wildman–Crippen MR) is 95.7 cm³/mol. The Bertz CT molecular complexity index is 626. The van der Waals surface area contributed by atoms with Gasteiger partial charge in [0.2, 0.25) is 0 Å². The zero-order valence-corrected chi connectivity index (χ0v) is 16.3. The summed E-state index contributed by atoms with van der Waals surface area (Å²) >= 11 is 0. The van der Waals surface area contributed by atoms with E-state index >= 15 is 0 Å². The maximum absolute atomic E-state index is 12.2. The second kappa shape index (κ2) is 7.95. The minimum atomic E-state index is -3.41. The van der Waals surface area contributed by atoms with Crippen molar-refractivity contribution < 1.29 is 8.42 Å². The molecule has 0 aromatic carbocycles. The third kappa shape index (κ3) is 4.56. The topological polar surface area (TPSA) is 70.5 Å². The Morgan fingerprint density at radius 2 is 2.08 bits per heavy atom. The van der Waals surface area contributed by atoms with Crippen LogP contribution in [0.2, 0.25) is 0 Å². The van der Waals surface area contributed by atoms with E-state index in [1.54, 1.807) is 14.1 Å². The molecule has 0 radical (unpaired) electrons. The molecule has 0 spiro atoms. The van der Waals surface area contributed by atoms with Gasteiger partial charge in [-0.05, 0) is 18.3 Å². The number of aromatic nitrogens is 2. The van der Waals surface area contributed by atoms with Gasteiger partial charge in [0.25, 0.3) is 10.2 Å². The summed E-state index contributed by atoms with van der Waals surface area (Å²) in [4.78, 5) is 6.78. The smallest absolute Gasteiger partial charge is 0.279 e. The van der Waals surface area contributed by atoms with Crippen molar-refractivity contribution in [1.82, 2.24) is 23.5 Å². The largest absolute Gasteiger partial charge is 0.334 e. The first-order valence-electron chi connectivity index (χ1n) is 8.66. The second-order valence-corrected chi connectivity index (χ2v) is 9.07. The van der Waals surface area contributed by atoms with Gasteiger partial charge in [-0.25, -0.2) is 4.98 Å². The third-order valence-corrected chi connectivity index (χ3v) is 6.27. The van der Waals surface area contributed by atoms with E-state index in [0.29, 0.717) is 11.8 Å². The van der Waals surface area contributed by atoms with Crippen LogP contribution in [0.4, 0.5) is 0 Å². The van der Waals surface area contributed by atoms with Crippen molar-refractivity contribution in [2.45, 2.75) is 46.3 Å². The van der Waals surface area contributed by atoms with Gasteiger partial charge < -0.3 is 4.57 Å². The molecule has 7 nitrogen and oxygen atoms in total. The van der Waals surface area contributed by atoms with Crippen LogP contribution in [-0.4, -0.2) is 60.4 Å². The molecule has 1 aliphatic heterocycles. The molecule has 0 aliphatic carbocycles. The van der Waals surface area contributed by atoms with Gasteiger partial charge in [0.1, 0.15) is 5.82 Å². The Hall–Kier alpha value is -0.960. The quantitative estimate of drug-likeness (QED) is 0.758. The molecule has 1 saturated heterocycles. The summed E-state index contributed by atoms with van der Waals surface area (Å²) in [5, 5.41) is 0.